The molecule has 0 aromatic rings. The van der Waals surface area contributed by atoms with Crippen LogP contribution >= 0.6 is 0 Å². The van der Waals surface area contributed by atoms with Gasteiger partial charge in [-0.1, -0.05) is 46.6 Å². The molecule has 2 aliphatic rings. The van der Waals surface area contributed by atoms with E-state index in [9.17, 15) is 15.0 Å². The predicted octanol–water partition coefficient (Wildman–Crippen LogP) is 3.10. The lowest BCUT2D eigenvalue weighted by molar-refractivity contribution is -0.135. The van der Waals surface area contributed by atoms with Crippen LogP contribution in [0.25, 0.3) is 0 Å². The molecule has 0 radical (unpaired) electrons. The third-order valence-electron chi connectivity index (χ3n) is 5.19. The van der Waals surface area contributed by atoms with E-state index in [4.69, 9.17) is 0 Å². The molecule has 3 nitrogen and oxygen atoms in total. The summed E-state index contributed by atoms with van der Waals surface area (Å²) in [6.07, 6.45) is 7.06. The molecule has 2 rings (SSSR count). The first kappa shape index (κ1) is 16.9. The number of carbonyl (C=O) groups excluding carboxylic acids is 1. The molecule has 3 heteroatoms. The first-order chi connectivity index (χ1) is 9.99. The molecular weight excluding hydrogens is 276 g/mol. The smallest absolute Gasteiger partial charge is 0.153 e. The van der Waals surface area contributed by atoms with E-state index in [1.54, 1.807) is 26.0 Å². The number of rotatable bonds is 2. The summed E-state index contributed by atoms with van der Waals surface area (Å²) >= 11 is 0. The number of carbonyl (C=O) groups is 1. The van der Waals surface area contributed by atoms with Gasteiger partial charge >= 0.3 is 0 Å². The monoisotopic (exact) mass is 302 g/mol. The van der Waals surface area contributed by atoms with E-state index in [-0.39, 0.29) is 5.78 Å². The molecule has 0 aromatic carbocycles. The molecule has 0 spiro atoms. The van der Waals surface area contributed by atoms with Crippen LogP contribution in [0.15, 0.2) is 46.6 Å². The Bertz CT molecular complexity index is 573. The van der Waals surface area contributed by atoms with Crippen LogP contribution in [0.5, 0.6) is 0 Å². The fraction of sp³-hybridized carbons (Fsp3) is 0.526. The summed E-state index contributed by atoms with van der Waals surface area (Å²) in [7, 11) is 0. The van der Waals surface area contributed by atoms with Crippen molar-refractivity contribution in [2.75, 3.05) is 0 Å². The van der Waals surface area contributed by atoms with Crippen LogP contribution in [-0.2, 0) is 4.79 Å². The largest absolute Gasteiger partial charge is 0.385 e. The van der Waals surface area contributed by atoms with Crippen molar-refractivity contribution in [2.24, 2.45) is 11.8 Å². The van der Waals surface area contributed by atoms with Crippen LogP contribution in [0.2, 0.25) is 0 Å². The number of hydrogen-bond donors (Lipinski definition) is 2. The molecule has 22 heavy (non-hydrogen) atoms. The highest BCUT2D eigenvalue weighted by molar-refractivity contribution is 5.92. The number of allylic oxidation sites excluding steroid dienone is 4. The molecule has 0 heterocycles. The molecule has 0 bridgehead atoms. The van der Waals surface area contributed by atoms with Gasteiger partial charge in [-0.05, 0) is 41.5 Å². The Kier molecular flexibility index (Phi) is 4.09. The lowest BCUT2D eigenvalue weighted by Crippen LogP contribution is -2.49. The summed E-state index contributed by atoms with van der Waals surface area (Å²) in [6, 6.07) is 0. The third kappa shape index (κ3) is 2.64. The van der Waals surface area contributed by atoms with Gasteiger partial charge in [0.1, 0.15) is 0 Å². The quantitative estimate of drug-likeness (QED) is 0.824. The third-order valence-corrected chi connectivity index (χ3v) is 5.19. The van der Waals surface area contributed by atoms with Gasteiger partial charge in [0, 0.05) is 0 Å². The van der Waals surface area contributed by atoms with E-state index in [0.717, 1.165) is 22.3 Å². The van der Waals surface area contributed by atoms with E-state index in [2.05, 4.69) is 0 Å². The van der Waals surface area contributed by atoms with Crippen molar-refractivity contribution < 1.29 is 15.0 Å². The first-order valence-electron chi connectivity index (χ1n) is 7.70. The van der Waals surface area contributed by atoms with Gasteiger partial charge in [-0.3, -0.25) is 4.79 Å². The number of Topliss-reactive ketones (excluding diaryl/α,β-unsaturated/α-hetero) is 1. The van der Waals surface area contributed by atoms with E-state index in [1.165, 1.54) is 0 Å². The van der Waals surface area contributed by atoms with Crippen molar-refractivity contribution in [3.05, 3.63) is 46.6 Å². The molecule has 4 unspecified atom stereocenters. The molecule has 0 saturated carbocycles. The van der Waals surface area contributed by atoms with Gasteiger partial charge in [-0.2, -0.15) is 0 Å². The Morgan fingerprint density at radius 1 is 0.864 bits per heavy atom. The minimum atomic E-state index is -1.23. The van der Waals surface area contributed by atoms with Crippen LogP contribution in [-0.4, -0.2) is 27.2 Å². The molecule has 0 aromatic heterocycles. The van der Waals surface area contributed by atoms with Crippen LogP contribution in [0, 0.1) is 11.8 Å². The summed E-state index contributed by atoms with van der Waals surface area (Å²) in [5, 5.41) is 21.4. The molecule has 2 aliphatic carbocycles. The Morgan fingerprint density at radius 2 is 1.18 bits per heavy atom. The Labute approximate surface area is 132 Å². The van der Waals surface area contributed by atoms with Gasteiger partial charge < -0.3 is 10.2 Å². The molecule has 0 amide bonds. The maximum atomic E-state index is 13.2. The fourth-order valence-corrected chi connectivity index (χ4v) is 3.54. The van der Waals surface area contributed by atoms with Gasteiger partial charge in [0.2, 0.25) is 0 Å². The Balaban J connectivity index is 2.51. The van der Waals surface area contributed by atoms with Crippen molar-refractivity contribution in [2.45, 2.75) is 52.7 Å². The highest BCUT2D eigenvalue weighted by Gasteiger charge is 2.47. The van der Waals surface area contributed by atoms with E-state index in [0.29, 0.717) is 0 Å². The summed E-state index contributed by atoms with van der Waals surface area (Å²) in [5.41, 5.74) is 1.27. The maximum Gasteiger partial charge on any atom is 0.153 e. The number of aliphatic hydroxyl groups is 2. The zero-order valence-electron chi connectivity index (χ0n) is 14.3. The average Bonchev–Trinajstić information content (AvgIpc) is 2.39. The normalized spacial score (nSPS) is 38.7. The zero-order chi connectivity index (χ0) is 16.9. The molecule has 2 N–H and O–H groups in total. The first-order valence-corrected chi connectivity index (χ1v) is 7.70. The second-order valence-corrected chi connectivity index (χ2v) is 7.12. The molecule has 0 fully saturated rings. The lowest BCUT2D eigenvalue weighted by Gasteiger charge is -2.41. The van der Waals surface area contributed by atoms with Gasteiger partial charge in [0.05, 0.1) is 23.0 Å². The highest BCUT2D eigenvalue weighted by atomic mass is 16.3. The molecule has 120 valence electrons. The zero-order valence-corrected chi connectivity index (χ0v) is 14.3. The van der Waals surface area contributed by atoms with Crippen molar-refractivity contribution in [1.82, 2.24) is 0 Å². The summed E-state index contributed by atoms with van der Waals surface area (Å²) < 4.78 is 0. The Hall–Kier alpha value is -1.45. The van der Waals surface area contributed by atoms with E-state index < -0.39 is 23.0 Å². The number of ketones is 1. The van der Waals surface area contributed by atoms with Crippen LogP contribution in [0.1, 0.15) is 41.5 Å². The van der Waals surface area contributed by atoms with Gasteiger partial charge in [-0.15, -0.1) is 0 Å². The van der Waals surface area contributed by atoms with E-state index >= 15 is 0 Å². The minimum Gasteiger partial charge on any atom is -0.385 e. The van der Waals surface area contributed by atoms with Crippen LogP contribution < -0.4 is 0 Å². The second-order valence-electron chi connectivity index (χ2n) is 7.12. The SMILES string of the molecule is CC1=C(C)C(C(=O)C2C(C)=C(C)C=CC2(C)O)C(C)(O)C=C1. The van der Waals surface area contributed by atoms with Crippen LogP contribution in [0.4, 0.5) is 0 Å². The van der Waals surface area contributed by atoms with Crippen molar-refractivity contribution in [3.63, 3.8) is 0 Å². The van der Waals surface area contributed by atoms with Gasteiger partial charge in [-0.25, -0.2) is 0 Å². The Morgan fingerprint density at radius 3 is 1.50 bits per heavy atom. The van der Waals surface area contributed by atoms with Crippen molar-refractivity contribution >= 4 is 5.78 Å². The predicted molar refractivity (Wildman–Crippen MR) is 88.3 cm³/mol. The van der Waals surface area contributed by atoms with Crippen molar-refractivity contribution in [3.8, 4) is 0 Å². The second kappa shape index (κ2) is 5.32. The average molecular weight is 302 g/mol. The maximum absolute atomic E-state index is 13.2. The topological polar surface area (TPSA) is 57.5 Å². The number of hydrogen-bond acceptors (Lipinski definition) is 3. The summed E-state index contributed by atoms with van der Waals surface area (Å²) in [4.78, 5) is 13.2. The van der Waals surface area contributed by atoms with Gasteiger partial charge in [0.15, 0.2) is 5.78 Å². The molecule has 4 atom stereocenters. The molecule has 0 saturated heterocycles. The lowest BCUT2D eigenvalue weighted by atomic mass is 9.66. The van der Waals surface area contributed by atoms with Crippen molar-refractivity contribution in [1.29, 1.82) is 0 Å². The van der Waals surface area contributed by atoms with E-state index in [1.807, 2.05) is 39.8 Å². The van der Waals surface area contributed by atoms with Crippen LogP contribution in [0.3, 0.4) is 0 Å². The summed E-state index contributed by atoms with van der Waals surface area (Å²) in [5.74, 6) is -1.40. The summed E-state index contributed by atoms with van der Waals surface area (Å²) in [6.45, 7) is 11.0. The standard InChI is InChI=1S/C19H26O3/c1-11-7-9-18(5,21)15(13(11)3)17(20)16-14(4)12(2)8-10-19(16,6)22/h7-10,15-16,21-22H,1-6H3. The minimum absolute atomic E-state index is 0.127. The fourth-order valence-electron chi connectivity index (χ4n) is 3.54. The molecular formula is C19H26O3. The van der Waals surface area contributed by atoms with Gasteiger partial charge in [0.25, 0.3) is 0 Å². The highest BCUT2D eigenvalue weighted by Crippen LogP contribution is 2.41. The molecule has 0 aliphatic heterocycles.